The Hall–Kier alpha value is -0.130. The fourth-order valence-electron chi connectivity index (χ4n) is 1.21. The van der Waals surface area contributed by atoms with Gasteiger partial charge in [0.05, 0.1) is 9.72 Å². The number of aromatic nitrogens is 1. The van der Waals surface area contributed by atoms with Crippen molar-refractivity contribution in [1.29, 1.82) is 0 Å². The zero-order valence-corrected chi connectivity index (χ0v) is 12.2. The van der Waals surface area contributed by atoms with Crippen LogP contribution in [0.25, 0.3) is 0 Å². The van der Waals surface area contributed by atoms with E-state index in [1.165, 1.54) is 6.20 Å². The Morgan fingerprint density at radius 1 is 1.56 bits per heavy atom. The SMILES string of the molecule is Cc1ccnc(S(=O)(=O)C(C)CCCl)c1Br. The molecule has 90 valence electrons. The van der Waals surface area contributed by atoms with Crippen molar-refractivity contribution in [2.45, 2.75) is 30.5 Å². The molecule has 0 amide bonds. The van der Waals surface area contributed by atoms with Crippen molar-refractivity contribution in [3.05, 3.63) is 22.3 Å². The average Bonchev–Trinajstić information content (AvgIpc) is 2.22. The van der Waals surface area contributed by atoms with Crippen molar-refractivity contribution in [2.75, 3.05) is 5.88 Å². The Balaban J connectivity index is 3.22. The third-order valence-electron chi connectivity index (χ3n) is 2.37. The van der Waals surface area contributed by atoms with E-state index in [1.807, 2.05) is 6.92 Å². The molecule has 1 aromatic heterocycles. The number of aryl methyl sites for hydroxylation is 1. The Kier molecular flexibility index (Phi) is 4.76. The van der Waals surface area contributed by atoms with E-state index in [1.54, 1.807) is 13.0 Å². The third kappa shape index (κ3) is 2.76. The summed E-state index contributed by atoms with van der Waals surface area (Å²) < 4.78 is 24.8. The summed E-state index contributed by atoms with van der Waals surface area (Å²) in [7, 11) is -3.40. The van der Waals surface area contributed by atoms with Gasteiger partial charge in [0, 0.05) is 12.1 Å². The van der Waals surface area contributed by atoms with Crippen LogP contribution in [0.2, 0.25) is 0 Å². The molecule has 0 aromatic carbocycles. The maximum Gasteiger partial charge on any atom is 0.199 e. The molecule has 1 heterocycles. The summed E-state index contributed by atoms with van der Waals surface area (Å²) in [4.78, 5) is 3.94. The van der Waals surface area contributed by atoms with Gasteiger partial charge in [0.25, 0.3) is 0 Å². The minimum absolute atomic E-state index is 0.102. The molecular weight excluding hydrogens is 314 g/mol. The first kappa shape index (κ1) is 13.9. The Morgan fingerprint density at radius 2 is 2.19 bits per heavy atom. The van der Waals surface area contributed by atoms with Crippen molar-refractivity contribution in [3.8, 4) is 0 Å². The number of nitrogens with zero attached hydrogens (tertiary/aromatic N) is 1. The molecule has 1 unspecified atom stereocenters. The highest BCUT2D eigenvalue weighted by Crippen LogP contribution is 2.26. The Bertz CT molecular complexity index is 476. The van der Waals surface area contributed by atoms with Gasteiger partial charge in [0.1, 0.15) is 0 Å². The molecule has 0 spiro atoms. The van der Waals surface area contributed by atoms with E-state index in [2.05, 4.69) is 20.9 Å². The van der Waals surface area contributed by atoms with E-state index in [0.717, 1.165) is 5.56 Å². The van der Waals surface area contributed by atoms with Crippen molar-refractivity contribution in [2.24, 2.45) is 0 Å². The lowest BCUT2D eigenvalue weighted by Crippen LogP contribution is -2.20. The maximum atomic E-state index is 12.1. The Labute approximate surface area is 109 Å². The maximum absolute atomic E-state index is 12.1. The van der Waals surface area contributed by atoms with Gasteiger partial charge in [-0.2, -0.15) is 0 Å². The highest BCUT2D eigenvalue weighted by Gasteiger charge is 2.26. The van der Waals surface area contributed by atoms with Crippen LogP contribution in [0.5, 0.6) is 0 Å². The molecule has 0 saturated carbocycles. The van der Waals surface area contributed by atoms with Crippen LogP contribution >= 0.6 is 27.5 Å². The van der Waals surface area contributed by atoms with Crippen molar-refractivity contribution < 1.29 is 8.42 Å². The van der Waals surface area contributed by atoms with Crippen LogP contribution in [-0.2, 0) is 9.84 Å². The quantitative estimate of drug-likeness (QED) is 0.799. The minimum atomic E-state index is -3.40. The van der Waals surface area contributed by atoms with Crippen LogP contribution in [0.3, 0.4) is 0 Å². The zero-order valence-electron chi connectivity index (χ0n) is 9.07. The smallest absolute Gasteiger partial charge is 0.199 e. The van der Waals surface area contributed by atoms with E-state index >= 15 is 0 Å². The summed E-state index contributed by atoms with van der Waals surface area (Å²) in [5.41, 5.74) is 0.853. The third-order valence-corrected chi connectivity index (χ3v) is 5.99. The summed E-state index contributed by atoms with van der Waals surface area (Å²) in [5, 5.41) is -0.416. The van der Waals surface area contributed by atoms with Gasteiger partial charge in [-0.15, -0.1) is 11.6 Å². The second-order valence-corrected chi connectivity index (χ2v) is 7.03. The molecule has 1 rings (SSSR count). The van der Waals surface area contributed by atoms with Crippen LogP contribution < -0.4 is 0 Å². The van der Waals surface area contributed by atoms with Gasteiger partial charge >= 0.3 is 0 Å². The number of halogens is 2. The topological polar surface area (TPSA) is 47.0 Å². The first-order valence-electron chi connectivity index (χ1n) is 4.82. The van der Waals surface area contributed by atoms with Gasteiger partial charge < -0.3 is 0 Å². The van der Waals surface area contributed by atoms with Gasteiger partial charge in [-0.05, 0) is 47.8 Å². The summed E-state index contributed by atoms with van der Waals surface area (Å²) in [6, 6.07) is 1.76. The van der Waals surface area contributed by atoms with E-state index < -0.39 is 15.1 Å². The van der Waals surface area contributed by atoms with Crippen molar-refractivity contribution in [3.63, 3.8) is 0 Å². The molecule has 0 aliphatic rings. The van der Waals surface area contributed by atoms with Gasteiger partial charge in [0.15, 0.2) is 14.9 Å². The predicted molar refractivity (Wildman–Crippen MR) is 68.7 cm³/mol. The lowest BCUT2D eigenvalue weighted by molar-refractivity contribution is 0.576. The summed E-state index contributed by atoms with van der Waals surface area (Å²) in [5.74, 6) is 0.323. The van der Waals surface area contributed by atoms with Gasteiger partial charge in [-0.3, -0.25) is 0 Å². The zero-order chi connectivity index (χ0) is 12.3. The molecule has 3 nitrogen and oxygen atoms in total. The van der Waals surface area contributed by atoms with Crippen LogP contribution in [0, 0.1) is 6.92 Å². The molecule has 1 aromatic rings. The van der Waals surface area contributed by atoms with Gasteiger partial charge in [-0.25, -0.2) is 13.4 Å². The normalized spacial score (nSPS) is 13.8. The fourth-order valence-corrected chi connectivity index (χ4v) is 4.01. The number of pyridine rings is 1. The second-order valence-electron chi connectivity index (χ2n) is 3.58. The molecule has 6 heteroatoms. The molecular formula is C10H13BrClNO2S. The first-order valence-corrected chi connectivity index (χ1v) is 7.69. The molecule has 1 atom stereocenters. The van der Waals surface area contributed by atoms with E-state index in [9.17, 15) is 8.42 Å². The number of hydrogen-bond acceptors (Lipinski definition) is 3. The number of sulfone groups is 1. The first-order chi connectivity index (χ1) is 7.41. The molecule has 0 N–H and O–H groups in total. The molecule has 0 fully saturated rings. The van der Waals surface area contributed by atoms with Gasteiger partial charge in [0.2, 0.25) is 0 Å². The van der Waals surface area contributed by atoms with Crippen molar-refractivity contribution in [1.82, 2.24) is 4.98 Å². The molecule has 0 aliphatic carbocycles. The average molecular weight is 327 g/mol. The van der Waals surface area contributed by atoms with E-state index in [4.69, 9.17) is 11.6 Å². The van der Waals surface area contributed by atoms with Crippen molar-refractivity contribution >= 4 is 37.4 Å². The lowest BCUT2D eigenvalue weighted by atomic mass is 10.3. The standard InChI is InChI=1S/C10H13BrClNO2S/c1-7-4-6-13-10(9(7)11)16(14,15)8(2)3-5-12/h4,6,8H,3,5H2,1-2H3. The predicted octanol–water partition coefficient (Wildman–Crippen LogP) is 2.94. The van der Waals surface area contributed by atoms with Crippen LogP contribution in [0.1, 0.15) is 18.9 Å². The lowest BCUT2D eigenvalue weighted by Gasteiger charge is -2.12. The monoisotopic (exact) mass is 325 g/mol. The van der Waals surface area contributed by atoms with E-state index in [-0.39, 0.29) is 5.03 Å². The molecule has 0 aliphatic heterocycles. The molecule has 16 heavy (non-hydrogen) atoms. The largest absolute Gasteiger partial charge is 0.244 e. The number of alkyl halides is 1. The highest BCUT2D eigenvalue weighted by atomic mass is 79.9. The van der Waals surface area contributed by atoms with Crippen LogP contribution in [0.4, 0.5) is 0 Å². The highest BCUT2D eigenvalue weighted by molar-refractivity contribution is 9.10. The summed E-state index contributed by atoms with van der Waals surface area (Å²) >= 11 is 8.83. The number of hydrogen-bond donors (Lipinski definition) is 0. The number of rotatable bonds is 4. The fraction of sp³-hybridized carbons (Fsp3) is 0.500. The van der Waals surface area contributed by atoms with E-state index in [0.29, 0.717) is 16.8 Å². The minimum Gasteiger partial charge on any atom is -0.244 e. The molecule has 0 saturated heterocycles. The van der Waals surface area contributed by atoms with Crippen LogP contribution in [-0.4, -0.2) is 24.5 Å². The summed E-state index contributed by atoms with van der Waals surface area (Å²) in [6.45, 7) is 3.48. The van der Waals surface area contributed by atoms with Crippen LogP contribution in [0.15, 0.2) is 21.8 Å². The summed E-state index contributed by atoms with van der Waals surface area (Å²) in [6.07, 6.45) is 1.92. The molecule has 0 radical (unpaired) electrons. The van der Waals surface area contributed by atoms with Gasteiger partial charge in [-0.1, -0.05) is 0 Å². The molecule has 0 bridgehead atoms. The second kappa shape index (κ2) is 5.47. The Morgan fingerprint density at radius 3 is 2.75 bits per heavy atom.